The molecule has 1 spiro atoms. The van der Waals surface area contributed by atoms with Gasteiger partial charge in [0.25, 0.3) is 0 Å². The Balaban J connectivity index is 1.42. The van der Waals surface area contributed by atoms with Crippen LogP contribution in [0.2, 0.25) is 5.02 Å². The quantitative estimate of drug-likeness (QED) is 0.573. The standard InChI is InChI=1S/C27H27ClN4O/c1-2-33-26-6-4-3-5-21(26)23-9-8-22-24(31-23)17-30-18-27(22)11-13-32(14-12-27)25-10-7-20(28)15-19(25)16-29/h3-10,15,30H,2,11-14,17-18H2,1H3. The van der Waals surface area contributed by atoms with Gasteiger partial charge in [-0.15, -0.1) is 0 Å². The number of anilines is 1. The molecule has 33 heavy (non-hydrogen) atoms. The van der Waals surface area contributed by atoms with Gasteiger partial charge < -0.3 is 15.0 Å². The molecule has 168 valence electrons. The number of para-hydroxylation sites is 1. The summed E-state index contributed by atoms with van der Waals surface area (Å²) < 4.78 is 5.83. The number of halogens is 1. The molecule has 0 unspecified atom stereocenters. The zero-order valence-electron chi connectivity index (χ0n) is 18.8. The third-order valence-corrected chi connectivity index (χ3v) is 7.14. The molecule has 0 radical (unpaired) electrons. The summed E-state index contributed by atoms with van der Waals surface area (Å²) in [6.07, 6.45) is 2.02. The van der Waals surface area contributed by atoms with E-state index in [1.54, 1.807) is 6.07 Å². The number of piperidine rings is 1. The molecule has 2 aliphatic rings. The Hall–Kier alpha value is -3.07. The predicted octanol–water partition coefficient (Wildman–Crippen LogP) is 5.31. The van der Waals surface area contributed by atoms with E-state index in [0.29, 0.717) is 17.2 Å². The predicted molar refractivity (Wildman–Crippen MR) is 132 cm³/mol. The van der Waals surface area contributed by atoms with Gasteiger partial charge in [0, 0.05) is 42.2 Å². The van der Waals surface area contributed by atoms with Crippen LogP contribution in [-0.2, 0) is 12.0 Å². The minimum absolute atomic E-state index is 0.0638. The number of fused-ring (bicyclic) bond motifs is 2. The Morgan fingerprint density at radius 2 is 1.97 bits per heavy atom. The molecule has 3 aromatic rings. The molecule has 5 rings (SSSR count). The van der Waals surface area contributed by atoms with Crippen LogP contribution in [0.25, 0.3) is 11.3 Å². The second-order valence-corrected chi connectivity index (χ2v) is 9.20. The van der Waals surface area contributed by atoms with Crippen molar-refractivity contribution >= 4 is 17.3 Å². The molecule has 0 amide bonds. The zero-order valence-corrected chi connectivity index (χ0v) is 19.5. The van der Waals surface area contributed by atoms with Gasteiger partial charge in [0.1, 0.15) is 11.8 Å². The van der Waals surface area contributed by atoms with E-state index in [2.05, 4.69) is 34.5 Å². The van der Waals surface area contributed by atoms with E-state index in [-0.39, 0.29) is 5.41 Å². The summed E-state index contributed by atoms with van der Waals surface area (Å²) in [5.74, 6) is 0.871. The first-order valence-electron chi connectivity index (χ1n) is 11.5. The van der Waals surface area contributed by atoms with Crippen LogP contribution in [0.15, 0.2) is 54.6 Å². The van der Waals surface area contributed by atoms with Crippen LogP contribution < -0.4 is 15.0 Å². The average molecular weight is 459 g/mol. The number of rotatable bonds is 4. The fraction of sp³-hybridized carbons (Fsp3) is 0.333. The minimum Gasteiger partial charge on any atom is -0.493 e. The molecule has 6 heteroatoms. The number of benzene rings is 2. The summed E-state index contributed by atoms with van der Waals surface area (Å²) >= 11 is 6.10. The summed E-state index contributed by atoms with van der Waals surface area (Å²) in [5, 5.41) is 13.8. The Kier molecular flexibility index (Phi) is 5.97. The fourth-order valence-electron chi connectivity index (χ4n) is 5.24. The van der Waals surface area contributed by atoms with Gasteiger partial charge in [0.2, 0.25) is 0 Å². The molecular weight excluding hydrogens is 432 g/mol. The SMILES string of the molecule is CCOc1ccccc1-c1ccc2c(n1)CNCC21CCN(c2ccc(Cl)cc2C#N)CC1. The second-order valence-electron chi connectivity index (χ2n) is 8.76. The topological polar surface area (TPSA) is 61.2 Å². The highest BCUT2D eigenvalue weighted by Gasteiger charge is 2.40. The van der Waals surface area contributed by atoms with Crippen molar-refractivity contribution in [1.29, 1.82) is 5.26 Å². The van der Waals surface area contributed by atoms with E-state index in [1.807, 2.05) is 37.3 Å². The molecule has 3 heterocycles. The Bertz CT molecular complexity index is 1210. The molecule has 0 saturated carbocycles. The first-order valence-corrected chi connectivity index (χ1v) is 11.9. The maximum atomic E-state index is 9.56. The van der Waals surface area contributed by atoms with Crippen molar-refractivity contribution in [3.63, 3.8) is 0 Å². The van der Waals surface area contributed by atoms with Gasteiger partial charge in [0.05, 0.1) is 29.2 Å². The van der Waals surface area contributed by atoms with E-state index in [0.717, 1.165) is 67.4 Å². The number of ether oxygens (including phenoxy) is 1. The highest BCUT2D eigenvalue weighted by atomic mass is 35.5. The Labute approximate surface area is 200 Å². The van der Waals surface area contributed by atoms with E-state index >= 15 is 0 Å². The van der Waals surface area contributed by atoms with Crippen molar-refractivity contribution in [2.45, 2.75) is 31.7 Å². The van der Waals surface area contributed by atoms with Crippen LogP contribution in [0.3, 0.4) is 0 Å². The molecule has 1 saturated heterocycles. The summed E-state index contributed by atoms with van der Waals surface area (Å²) in [6.45, 7) is 6.15. The first kappa shape index (κ1) is 21.8. The molecule has 0 aliphatic carbocycles. The van der Waals surface area contributed by atoms with Gasteiger partial charge in [-0.3, -0.25) is 4.98 Å². The number of aromatic nitrogens is 1. The van der Waals surface area contributed by atoms with Gasteiger partial charge >= 0.3 is 0 Å². The van der Waals surface area contributed by atoms with Crippen LogP contribution in [0.4, 0.5) is 5.69 Å². The van der Waals surface area contributed by atoms with Crippen LogP contribution >= 0.6 is 11.6 Å². The number of nitrogens with one attached hydrogen (secondary N) is 1. The highest BCUT2D eigenvalue weighted by Crippen LogP contribution is 2.41. The minimum atomic E-state index is 0.0638. The number of hydrogen-bond donors (Lipinski definition) is 1. The van der Waals surface area contributed by atoms with E-state index in [1.165, 1.54) is 5.56 Å². The van der Waals surface area contributed by atoms with Gasteiger partial charge in [-0.2, -0.15) is 5.26 Å². The summed E-state index contributed by atoms with van der Waals surface area (Å²) in [4.78, 5) is 7.39. The third-order valence-electron chi connectivity index (χ3n) is 6.90. The lowest BCUT2D eigenvalue weighted by Gasteiger charge is -2.46. The third kappa shape index (κ3) is 4.06. The first-order chi connectivity index (χ1) is 16.1. The molecule has 5 nitrogen and oxygen atoms in total. The lowest BCUT2D eigenvalue weighted by molar-refractivity contribution is 0.293. The molecule has 1 N–H and O–H groups in total. The monoisotopic (exact) mass is 458 g/mol. The highest BCUT2D eigenvalue weighted by molar-refractivity contribution is 6.30. The number of hydrogen-bond acceptors (Lipinski definition) is 5. The van der Waals surface area contributed by atoms with Crippen molar-refractivity contribution in [2.75, 3.05) is 31.1 Å². The summed E-state index contributed by atoms with van der Waals surface area (Å²) in [5.41, 5.74) is 6.14. The van der Waals surface area contributed by atoms with Crippen LogP contribution in [0, 0.1) is 11.3 Å². The average Bonchev–Trinajstić information content (AvgIpc) is 2.85. The van der Waals surface area contributed by atoms with Crippen molar-refractivity contribution in [3.05, 3.63) is 76.4 Å². The molecule has 2 aromatic carbocycles. The molecule has 0 bridgehead atoms. The zero-order chi connectivity index (χ0) is 22.8. The lowest BCUT2D eigenvalue weighted by Crippen LogP contribution is -2.51. The maximum Gasteiger partial charge on any atom is 0.128 e. The van der Waals surface area contributed by atoms with Crippen molar-refractivity contribution in [1.82, 2.24) is 10.3 Å². The largest absolute Gasteiger partial charge is 0.493 e. The van der Waals surface area contributed by atoms with Gasteiger partial charge in [-0.1, -0.05) is 29.8 Å². The van der Waals surface area contributed by atoms with Crippen LogP contribution in [0.5, 0.6) is 5.75 Å². The Morgan fingerprint density at radius 1 is 1.15 bits per heavy atom. The van der Waals surface area contributed by atoms with Crippen LogP contribution in [0.1, 0.15) is 36.6 Å². The van der Waals surface area contributed by atoms with Crippen molar-refractivity contribution < 1.29 is 4.74 Å². The van der Waals surface area contributed by atoms with Gasteiger partial charge in [-0.05, 0) is 61.7 Å². The molecular formula is C27H27ClN4O. The molecule has 1 fully saturated rings. The van der Waals surface area contributed by atoms with Gasteiger partial charge in [0.15, 0.2) is 0 Å². The van der Waals surface area contributed by atoms with Gasteiger partial charge in [-0.25, -0.2) is 0 Å². The van der Waals surface area contributed by atoms with Crippen molar-refractivity contribution in [3.8, 4) is 23.1 Å². The van der Waals surface area contributed by atoms with E-state index in [4.69, 9.17) is 21.3 Å². The second kappa shape index (κ2) is 9.05. The molecule has 1 aromatic heterocycles. The van der Waals surface area contributed by atoms with Crippen molar-refractivity contribution in [2.24, 2.45) is 0 Å². The van der Waals surface area contributed by atoms with E-state index < -0.39 is 0 Å². The summed E-state index contributed by atoms with van der Waals surface area (Å²) in [6, 6.07) is 20.4. The summed E-state index contributed by atoms with van der Waals surface area (Å²) in [7, 11) is 0. The van der Waals surface area contributed by atoms with E-state index in [9.17, 15) is 5.26 Å². The maximum absolute atomic E-state index is 9.56. The molecule has 2 aliphatic heterocycles. The lowest BCUT2D eigenvalue weighted by atomic mass is 9.70. The normalized spacial score (nSPS) is 16.8. The Morgan fingerprint density at radius 3 is 2.76 bits per heavy atom. The molecule has 0 atom stereocenters. The number of nitriles is 1. The smallest absolute Gasteiger partial charge is 0.128 e. The van der Waals surface area contributed by atoms with Crippen LogP contribution in [-0.4, -0.2) is 31.2 Å². The number of nitrogens with zero attached hydrogens (tertiary/aromatic N) is 3. The number of pyridine rings is 1. The fourth-order valence-corrected chi connectivity index (χ4v) is 5.41.